The minimum atomic E-state index is -0.663. The number of hydrogen-bond acceptors (Lipinski definition) is 6. The highest BCUT2D eigenvalue weighted by Crippen LogP contribution is 2.74. The fourth-order valence-electron chi connectivity index (χ4n) is 10.6. The highest BCUT2D eigenvalue weighted by atomic mass is 16.3. The Morgan fingerprint density at radius 2 is 1.75 bits per heavy atom. The van der Waals surface area contributed by atoms with E-state index in [1.807, 2.05) is 36.9 Å². The van der Waals surface area contributed by atoms with Crippen molar-refractivity contribution >= 4 is 11.6 Å². The van der Waals surface area contributed by atoms with Gasteiger partial charge in [0.05, 0.1) is 23.9 Å². The van der Waals surface area contributed by atoms with E-state index in [4.69, 9.17) is 0 Å². The Bertz CT molecular complexity index is 1410. The lowest BCUT2D eigenvalue weighted by molar-refractivity contribution is -0.169. The minimum Gasteiger partial charge on any atom is -0.390 e. The number of aliphatic hydroxyl groups is 1. The third-order valence-electron chi connectivity index (χ3n) is 13.0. The second kappa shape index (κ2) is 8.25. The van der Waals surface area contributed by atoms with Crippen molar-refractivity contribution in [1.82, 2.24) is 15.0 Å². The molecular formula is C33H44N4O3. The topological polar surface area (TPSA) is 109 Å². The molecule has 1 aromatic rings. The number of fused-ring (bicyclic) bond motifs is 7. The van der Waals surface area contributed by atoms with Gasteiger partial charge in [-0.3, -0.25) is 9.59 Å². The van der Waals surface area contributed by atoms with Gasteiger partial charge in [0.25, 0.3) is 0 Å². The molecule has 3 fully saturated rings. The number of hydrogen-bond donors (Lipinski definition) is 1. The molecule has 7 heteroatoms. The van der Waals surface area contributed by atoms with Gasteiger partial charge in [-0.1, -0.05) is 65.3 Å². The second-order valence-electron chi connectivity index (χ2n) is 15.7. The van der Waals surface area contributed by atoms with Crippen LogP contribution < -0.4 is 0 Å². The number of nitriles is 1. The zero-order valence-electron chi connectivity index (χ0n) is 25.2. The summed E-state index contributed by atoms with van der Waals surface area (Å²) in [5, 5.41) is 28.5. The number of Topliss-reactive ketones (excluding diaryl/α,β-unsaturated/α-hetero) is 1. The average molecular weight is 545 g/mol. The van der Waals surface area contributed by atoms with Crippen LogP contribution in [0, 0.1) is 56.2 Å². The van der Waals surface area contributed by atoms with Gasteiger partial charge >= 0.3 is 0 Å². The molecule has 0 unspecified atom stereocenters. The smallest absolute Gasteiger partial charge is 0.178 e. The van der Waals surface area contributed by atoms with Crippen molar-refractivity contribution in [3.63, 3.8) is 0 Å². The molecule has 214 valence electrons. The van der Waals surface area contributed by atoms with E-state index < -0.39 is 10.8 Å². The summed E-state index contributed by atoms with van der Waals surface area (Å²) < 4.78 is 2.00. The number of carbonyl (C=O) groups is 2. The summed E-state index contributed by atoms with van der Waals surface area (Å²) in [4.78, 5) is 27.9. The zero-order valence-corrected chi connectivity index (χ0v) is 25.2. The maximum atomic E-state index is 14.6. The monoisotopic (exact) mass is 544 g/mol. The maximum Gasteiger partial charge on any atom is 0.178 e. The first-order valence-electron chi connectivity index (χ1n) is 15.1. The van der Waals surface area contributed by atoms with Gasteiger partial charge in [0, 0.05) is 16.7 Å². The van der Waals surface area contributed by atoms with Gasteiger partial charge in [0.2, 0.25) is 0 Å². The van der Waals surface area contributed by atoms with Gasteiger partial charge in [-0.25, -0.2) is 4.68 Å². The number of carbonyl (C=O) groups excluding carboxylic acids is 2. The van der Waals surface area contributed by atoms with Crippen LogP contribution in [0.25, 0.3) is 0 Å². The predicted molar refractivity (Wildman–Crippen MR) is 150 cm³/mol. The molecule has 1 heterocycles. The Balaban J connectivity index is 1.53. The summed E-state index contributed by atoms with van der Waals surface area (Å²) in [5.74, 6) is 0.0995. The van der Waals surface area contributed by atoms with Crippen LogP contribution in [0.5, 0.6) is 0 Å². The lowest BCUT2D eigenvalue weighted by Gasteiger charge is -2.69. The third kappa shape index (κ3) is 3.26. The van der Waals surface area contributed by atoms with Gasteiger partial charge in [-0.15, -0.1) is 5.10 Å². The van der Waals surface area contributed by atoms with E-state index in [2.05, 4.69) is 51.0 Å². The Labute approximate surface area is 238 Å². The van der Waals surface area contributed by atoms with Crippen LogP contribution in [-0.4, -0.2) is 31.7 Å². The molecule has 5 aliphatic rings. The zero-order chi connectivity index (χ0) is 29.1. The number of rotatable bonds is 2. The van der Waals surface area contributed by atoms with E-state index in [1.54, 1.807) is 0 Å². The van der Waals surface area contributed by atoms with E-state index in [1.165, 1.54) is 0 Å². The van der Waals surface area contributed by atoms with Gasteiger partial charge in [-0.05, 0) is 79.1 Å². The Morgan fingerprint density at radius 3 is 2.40 bits per heavy atom. The van der Waals surface area contributed by atoms with Crippen LogP contribution in [0.15, 0.2) is 29.5 Å². The first-order chi connectivity index (χ1) is 18.6. The summed E-state index contributed by atoms with van der Waals surface area (Å²) in [5.41, 5.74) is 0.0381. The van der Waals surface area contributed by atoms with Gasteiger partial charge < -0.3 is 5.11 Å². The van der Waals surface area contributed by atoms with Crippen molar-refractivity contribution in [3.8, 4) is 6.07 Å². The Hall–Kier alpha value is -2.59. The highest BCUT2D eigenvalue weighted by molar-refractivity contribution is 6.04. The lowest BCUT2D eigenvalue weighted by Crippen LogP contribution is -2.66. The van der Waals surface area contributed by atoms with E-state index in [-0.39, 0.29) is 63.3 Å². The van der Waals surface area contributed by atoms with Crippen LogP contribution >= 0.6 is 0 Å². The molecule has 40 heavy (non-hydrogen) atoms. The van der Waals surface area contributed by atoms with Crippen LogP contribution in [0.3, 0.4) is 0 Å². The summed E-state index contributed by atoms with van der Waals surface area (Å²) in [6, 6.07) is 2.19. The summed E-state index contributed by atoms with van der Waals surface area (Å²) in [6.45, 7) is 15.4. The average Bonchev–Trinajstić information content (AvgIpc) is 3.37. The molecule has 7 nitrogen and oxygen atoms in total. The fourth-order valence-corrected chi connectivity index (χ4v) is 10.6. The molecule has 7 atom stereocenters. The second-order valence-corrected chi connectivity index (χ2v) is 15.7. The van der Waals surface area contributed by atoms with Crippen molar-refractivity contribution in [2.75, 3.05) is 0 Å². The molecule has 1 aromatic heterocycles. The molecule has 0 aromatic carbocycles. The molecule has 6 rings (SSSR count). The summed E-state index contributed by atoms with van der Waals surface area (Å²) in [7, 11) is 0. The fraction of sp³-hybridized carbons (Fsp3) is 0.727. The Kier molecular flexibility index (Phi) is 5.68. The molecular weight excluding hydrogens is 500 g/mol. The molecule has 0 aliphatic heterocycles. The standard InChI is InChI=1S/C33H44N4O3/c1-28(2)10-12-33(37-18-21(19-38)35-36-37)13-11-32(7)26(22(33)16-28)23(39)14-25-30(5)15-20(17-34)27(40)29(3,4)24(30)8-9-31(25,32)6/h14-15,18,22,24,26,38H,8-13,16,19H2,1-7H3/t22-,24-,26-,30-,31+,32+,33-/m0/s1. The predicted octanol–water partition coefficient (Wildman–Crippen LogP) is 5.70. The molecule has 0 bridgehead atoms. The summed E-state index contributed by atoms with van der Waals surface area (Å²) >= 11 is 0. The van der Waals surface area contributed by atoms with Gasteiger partial charge in [0.1, 0.15) is 11.8 Å². The number of aliphatic hydroxyl groups excluding tert-OH is 1. The lowest BCUT2D eigenvalue weighted by atomic mass is 9.35. The highest BCUT2D eigenvalue weighted by Gasteiger charge is 2.70. The molecule has 3 saturated carbocycles. The summed E-state index contributed by atoms with van der Waals surface area (Å²) in [6.07, 6.45) is 12.3. The third-order valence-corrected chi connectivity index (χ3v) is 13.0. The molecule has 5 aliphatic carbocycles. The Morgan fingerprint density at radius 1 is 1.05 bits per heavy atom. The van der Waals surface area contributed by atoms with Crippen molar-refractivity contribution in [2.45, 2.75) is 106 Å². The first kappa shape index (κ1) is 27.6. The van der Waals surface area contributed by atoms with Crippen molar-refractivity contribution in [3.05, 3.63) is 35.2 Å². The molecule has 0 radical (unpaired) electrons. The number of aromatic nitrogens is 3. The number of nitrogens with zero attached hydrogens (tertiary/aromatic N) is 4. The maximum absolute atomic E-state index is 14.6. The van der Waals surface area contributed by atoms with Crippen molar-refractivity contribution in [1.29, 1.82) is 5.26 Å². The molecule has 1 N–H and O–H groups in total. The van der Waals surface area contributed by atoms with Crippen LogP contribution in [0.2, 0.25) is 0 Å². The minimum absolute atomic E-state index is 0.0419. The molecule has 0 amide bonds. The van der Waals surface area contributed by atoms with Gasteiger partial charge in [-0.2, -0.15) is 5.26 Å². The first-order valence-corrected chi connectivity index (χ1v) is 15.1. The van der Waals surface area contributed by atoms with E-state index in [0.717, 1.165) is 50.5 Å². The van der Waals surface area contributed by atoms with Crippen LogP contribution in [0.1, 0.15) is 99.1 Å². The number of allylic oxidation sites excluding steroid dienone is 4. The normalized spacial score (nSPS) is 43.3. The SMILES string of the molecule is CC1(C)CC[C@]2(n3cc(CO)nn3)CC[C@]3(C)[C@H](C(=O)C=C4[C@@]5(C)C=C(C#N)C(=O)C(C)(C)[C@@H]5CC[C@]43C)[C@@H]2C1. The van der Waals surface area contributed by atoms with Crippen molar-refractivity contribution < 1.29 is 14.7 Å². The van der Waals surface area contributed by atoms with E-state index in [9.17, 15) is 20.0 Å². The quantitative estimate of drug-likeness (QED) is 0.512. The molecule has 0 saturated heterocycles. The number of ketones is 2. The largest absolute Gasteiger partial charge is 0.390 e. The van der Waals surface area contributed by atoms with Crippen LogP contribution in [0.4, 0.5) is 0 Å². The van der Waals surface area contributed by atoms with Crippen LogP contribution in [-0.2, 0) is 21.7 Å². The molecule has 0 spiro atoms. The van der Waals surface area contributed by atoms with E-state index in [0.29, 0.717) is 5.69 Å². The van der Waals surface area contributed by atoms with Crippen molar-refractivity contribution in [2.24, 2.45) is 44.8 Å². The van der Waals surface area contributed by atoms with Gasteiger partial charge in [0.15, 0.2) is 11.6 Å². The van der Waals surface area contributed by atoms with E-state index >= 15 is 0 Å².